The molecule has 0 N–H and O–H groups in total. The quantitative estimate of drug-likeness (QED) is 0.539. The molecule has 1 fully saturated rings. The molecule has 1 saturated heterocycles. The molecule has 8 nitrogen and oxygen atoms in total. The van der Waals surface area contributed by atoms with Crippen LogP contribution in [0.4, 0.5) is 11.4 Å². The molecule has 8 heteroatoms. The van der Waals surface area contributed by atoms with Gasteiger partial charge in [0.05, 0.1) is 10.6 Å². The summed E-state index contributed by atoms with van der Waals surface area (Å²) in [5.41, 5.74) is 2.72. The number of hydrogen-bond acceptors (Lipinski definition) is 7. The minimum atomic E-state index is -0.466. The molecule has 1 aliphatic rings. The maximum absolute atomic E-state index is 11.1. The van der Waals surface area contributed by atoms with E-state index in [1.165, 1.54) is 11.6 Å². The number of nitro groups is 1. The Morgan fingerprint density at radius 2 is 1.79 bits per heavy atom. The summed E-state index contributed by atoms with van der Waals surface area (Å²) < 4.78 is 4.74. The Morgan fingerprint density at radius 1 is 1.08 bits per heavy atom. The van der Waals surface area contributed by atoms with Crippen LogP contribution in [-0.2, 0) is 0 Å². The number of fused-ring (bicyclic) bond motifs is 1. The van der Waals surface area contributed by atoms with Gasteiger partial charge in [0.15, 0.2) is 5.52 Å². The van der Waals surface area contributed by atoms with Crippen molar-refractivity contribution in [1.82, 2.24) is 15.3 Å². The van der Waals surface area contributed by atoms with Gasteiger partial charge in [-0.2, -0.15) is 0 Å². The number of nitro benzene ring substituents is 1. The van der Waals surface area contributed by atoms with Crippen molar-refractivity contribution in [1.29, 1.82) is 0 Å². The van der Waals surface area contributed by atoms with Crippen LogP contribution in [0.3, 0.4) is 0 Å². The van der Waals surface area contributed by atoms with E-state index in [1.54, 1.807) is 6.07 Å². The molecule has 3 heterocycles. The average molecular weight is 325 g/mol. The molecule has 0 aliphatic carbocycles. The Kier molecular flexibility index (Phi) is 3.56. The Hall–Kier alpha value is -3.03. The van der Waals surface area contributed by atoms with Crippen LogP contribution >= 0.6 is 0 Å². The summed E-state index contributed by atoms with van der Waals surface area (Å²) >= 11 is 0. The third-order valence-electron chi connectivity index (χ3n) is 4.58. The number of anilines is 1. The van der Waals surface area contributed by atoms with Crippen LogP contribution in [0.2, 0.25) is 0 Å². The van der Waals surface area contributed by atoms with Crippen LogP contribution < -0.4 is 4.90 Å². The Labute approximate surface area is 137 Å². The molecule has 24 heavy (non-hydrogen) atoms. The fourth-order valence-corrected chi connectivity index (χ4v) is 3.33. The maximum Gasteiger partial charge on any atom is 0.300 e. The summed E-state index contributed by atoms with van der Waals surface area (Å²) in [6.07, 6.45) is 5.66. The molecule has 0 spiro atoms. The van der Waals surface area contributed by atoms with Gasteiger partial charge in [0.25, 0.3) is 0 Å². The van der Waals surface area contributed by atoms with Gasteiger partial charge in [0.1, 0.15) is 0 Å². The van der Waals surface area contributed by atoms with Crippen molar-refractivity contribution < 1.29 is 9.55 Å². The van der Waals surface area contributed by atoms with E-state index < -0.39 is 4.92 Å². The zero-order chi connectivity index (χ0) is 16.5. The zero-order valence-corrected chi connectivity index (χ0v) is 12.8. The van der Waals surface area contributed by atoms with Crippen molar-refractivity contribution in [3.63, 3.8) is 0 Å². The van der Waals surface area contributed by atoms with Crippen LogP contribution in [0.15, 0.2) is 41.3 Å². The molecule has 3 aromatic rings. The van der Waals surface area contributed by atoms with Gasteiger partial charge in [-0.05, 0) is 52.8 Å². The molecule has 0 amide bonds. The van der Waals surface area contributed by atoms with Crippen LogP contribution in [0.25, 0.3) is 11.0 Å². The lowest BCUT2D eigenvalue weighted by molar-refractivity contribution is -0.383. The second kappa shape index (κ2) is 5.88. The van der Waals surface area contributed by atoms with E-state index in [0.717, 1.165) is 31.6 Å². The normalized spacial score (nSPS) is 15.8. The van der Waals surface area contributed by atoms with Crippen molar-refractivity contribution in [2.45, 2.75) is 18.8 Å². The zero-order valence-electron chi connectivity index (χ0n) is 12.8. The maximum atomic E-state index is 11.1. The number of hydrogen-bond donors (Lipinski definition) is 0. The summed E-state index contributed by atoms with van der Waals surface area (Å²) in [4.78, 5) is 16.9. The summed E-state index contributed by atoms with van der Waals surface area (Å²) in [6, 6.07) is 7.33. The SMILES string of the molecule is O=[N+]([O-])c1ccc(N2CCC(c3ccncc3)CC2)c2nonc12. The lowest BCUT2D eigenvalue weighted by atomic mass is 9.90. The number of non-ortho nitro benzene ring substituents is 1. The molecule has 0 radical (unpaired) electrons. The van der Waals surface area contributed by atoms with Crippen molar-refractivity contribution in [2.24, 2.45) is 0 Å². The number of pyridine rings is 1. The molecule has 1 aromatic carbocycles. The van der Waals surface area contributed by atoms with E-state index in [0.29, 0.717) is 11.4 Å². The van der Waals surface area contributed by atoms with Crippen molar-refractivity contribution in [3.05, 3.63) is 52.3 Å². The predicted octanol–water partition coefficient (Wildman–Crippen LogP) is 2.91. The van der Waals surface area contributed by atoms with E-state index in [4.69, 9.17) is 4.63 Å². The lowest BCUT2D eigenvalue weighted by Crippen LogP contribution is -2.33. The molecule has 1 aliphatic heterocycles. The molecule has 4 rings (SSSR count). The number of nitrogens with zero attached hydrogens (tertiary/aromatic N) is 5. The molecule has 0 saturated carbocycles. The smallest absolute Gasteiger partial charge is 0.300 e. The first kappa shape index (κ1) is 14.6. The second-order valence-electron chi connectivity index (χ2n) is 5.86. The van der Waals surface area contributed by atoms with Gasteiger partial charge in [-0.3, -0.25) is 15.1 Å². The second-order valence-corrected chi connectivity index (χ2v) is 5.86. The molecular formula is C16H15N5O3. The van der Waals surface area contributed by atoms with E-state index >= 15 is 0 Å². The van der Waals surface area contributed by atoms with Gasteiger partial charge >= 0.3 is 5.69 Å². The standard InChI is InChI=1S/C16H15N5O3/c22-21(23)14-2-1-13(15-16(14)19-24-18-15)20-9-5-12(6-10-20)11-3-7-17-8-4-11/h1-4,7-8,12H,5-6,9-10H2. The lowest BCUT2D eigenvalue weighted by Gasteiger charge is -2.33. The first-order chi connectivity index (χ1) is 11.7. The first-order valence-electron chi connectivity index (χ1n) is 7.78. The fourth-order valence-electron chi connectivity index (χ4n) is 3.33. The third-order valence-corrected chi connectivity index (χ3v) is 4.58. The highest BCUT2D eigenvalue weighted by Gasteiger charge is 2.26. The summed E-state index contributed by atoms with van der Waals surface area (Å²) in [5, 5.41) is 18.6. The van der Waals surface area contributed by atoms with Crippen molar-refractivity contribution >= 4 is 22.4 Å². The van der Waals surface area contributed by atoms with E-state index in [1.807, 2.05) is 12.4 Å². The average Bonchev–Trinajstić information content (AvgIpc) is 3.11. The predicted molar refractivity (Wildman–Crippen MR) is 86.9 cm³/mol. The monoisotopic (exact) mass is 325 g/mol. The van der Waals surface area contributed by atoms with Gasteiger partial charge in [-0.1, -0.05) is 0 Å². The Bertz CT molecular complexity index is 872. The van der Waals surface area contributed by atoms with Crippen molar-refractivity contribution in [2.75, 3.05) is 18.0 Å². The highest BCUT2D eigenvalue weighted by Crippen LogP contribution is 2.35. The summed E-state index contributed by atoms with van der Waals surface area (Å²) in [7, 11) is 0. The summed E-state index contributed by atoms with van der Waals surface area (Å²) in [6.45, 7) is 1.71. The van der Waals surface area contributed by atoms with Gasteiger partial charge in [0, 0.05) is 31.5 Å². The topological polar surface area (TPSA) is 98.2 Å². The van der Waals surface area contributed by atoms with Crippen LogP contribution in [0.1, 0.15) is 24.3 Å². The molecule has 0 bridgehead atoms. The van der Waals surface area contributed by atoms with Crippen molar-refractivity contribution in [3.8, 4) is 0 Å². The van der Waals surface area contributed by atoms with Gasteiger partial charge in [-0.25, -0.2) is 4.63 Å². The van der Waals surface area contributed by atoms with Gasteiger partial charge in [-0.15, -0.1) is 0 Å². The molecule has 0 atom stereocenters. The molecule has 122 valence electrons. The summed E-state index contributed by atoms with van der Waals surface area (Å²) in [5.74, 6) is 0.508. The van der Waals surface area contributed by atoms with Gasteiger partial charge < -0.3 is 4.90 Å². The largest absolute Gasteiger partial charge is 0.370 e. The Balaban J connectivity index is 1.58. The van der Waals surface area contributed by atoms with E-state index in [2.05, 4.69) is 32.3 Å². The first-order valence-corrected chi connectivity index (χ1v) is 7.78. The fraction of sp³-hybridized carbons (Fsp3) is 0.312. The number of rotatable bonds is 3. The number of benzene rings is 1. The molecular weight excluding hydrogens is 310 g/mol. The van der Waals surface area contributed by atoms with E-state index in [9.17, 15) is 10.1 Å². The minimum absolute atomic E-state index is 0.0818. The number of piperidine rings is 1. The van der Waals surface area contributed by atoms with Crippen LogP contribution in [0.5, 0.6) is 0 Å². The van der Waals surface area contributed by atoms with Gasteiger partial charge in [0.2, 0.25) is 5.52 Å². The van der Waals surface area contributed by atoms with Crippen LogP contribution in [0, 0.1) is 10.1 Å². The minimum Gasteiger partial charge on any atom is -0.370 e. The van der Waals surface area contributed by atoms with Crippen LogP contribution in [-0.4, -0.2) is 33.3 Å². The highest BCUT2D eigenvalue weighted by atomic mass is 16.6. The highest BCUT2D eigenvalue weighted by molar-refractivity contribution is 5.93. The van der Waals surface area contributed by atoms with E-state index in [-0.39, 0.29) is 11.2 Å². The molecule has 0 unspecified atom stereocenters. The Morgan fingerprint density at radius 3 is 2.50 bits per heavy atom. The molecule has 2 aromatic heterocycles. The number of aromatic nitrogens is 3. The third kappa shape index (κ3) is 2.45.